The molecule has 0 unspecified atom stereocenters. The Morgan fingerprint density at radius 3 is 2.90 bits per heavy atom. The number of tetrazole rings is 1. The van der Waals surface area contributed by atoms with Gasteiger partial charge in [0.1, 0.15) is 6.61 Å². The molecule has 0 fully saturated rings. The summed E-state index contributed by atoms with van der Waals surface area (Å²) in [5.74, 6) is 0. The summed E-state index contributed by atoms with van der Waals surface area (Å²) < 4.78 is 1.81. The van der Waals surface area contributed by atoms with Crippen molar-refractivity contribution in [1.29, 1.82) is 0 Å². The summed E-state index contributed by atoms with van der Waals surface area (Å²) in [6.07, 6.45) is 0. The fraction of sp³-hybridized carbons (Fsp3) is 0.273. The molecule has 8 nitrogen and oxygen atoms in total. The highest BCUT2D eigenvalue weighted by atomic mass is 32.1. The molecule has 1 aromatic heterocycles. The Kier molecular flexibility index (Phi) is 5.33. The third-order valence-electron chi connectivity index (χ3n) is 2.53. The number of hydrogen-bond donors (Lipinski definition) is 4. The summed E-state index contributed by atoms with van der Waals surface area (Å²) in [5.41, 5.74) is 2.15. The van der Waals surface area contributed by atoms with E-state index in [1.54, 1.807) is 12.1 Å². The van der Waals surface area contributed by atoms with Gasteiger partial charge in [0, 0.05) is 12.2 Å². The first kappa shape index (κ1) is 15.5. The van der Waals surface area contributed by atoms with Crippen molar-refractivity contribution in [2.75, 3.05) is 11.9 Å². The number of H-pyrrole nitrogens is 1. The number of hydrogen-bond acceptors (Lipinski definition) is 6. The molecule has 0 saturated heterocycles. The lowest BCUT2D eigenvalue weighted by molar-refractivity contribution is -0.252. The van der Waals surface area contributed by atoms with E-state index in [0.717, 1.165) is 11.3 Å². The Morgan fingerprint density at radius 2 is 2.29 bits per heavy atom. The minimum absolute atomic E-state index is 0.0331. The highest BCUT2D eigenvalue weighted by Crippen LogP contribution is 2.18. The van der Waals surface area contributed by atoms with E-state index in [9.17, 15) is 0 Å². The molecule has 21 heavy (non-hydrogen) atoms. The number of nitrogens with one attached hydrogen (secondary N) is 3. The van der Waals surface area contributed by atoms with Gasteiger partial charge >= 0.3 is 0 Å². The lowest BCUT2D eigenvalue weighted by Gasteiger charge is -2.12. The van der Waals surface area contributed by atoms with Gasteiger partial charge < -0.3 is 10.6 Å². The van der Waals surface area contributed by atoms with Crippen LogP contribution in [0.3, 0.4) is 0 Å². The number of anilines is 1. The summed E-state index contributed by atoms with van der Waals surface area (Å²) in [4.78, 5) is 4.18. The van der Waals surface area contributed by atoms with Crippen LogP contribution in [0.1, 0.15) is 12.5 Å². The molecule has 0 radical (unpaired) electrons. The molecule has 10 heteroatoms. The van der Waals surface area contributed by atoms with Crippen molar-refractivity contribution in [3.05, 3.63) is 28.5 Å². The van der Waals surface area contributed by atoms with E-state index in [1.807, 2.05) is 13.0 Å². The lowest BCUT2D eigenvalue weighted by atomic mass is 10.2. The normalized spacial score (nSPS) is 10.4. The van der Waals surface area contributed by atoms with Crippen molar-refractivity contribution in [2.45, 2.75) is 13.5 Å². The Morgan fingerprint density at radius 1 is 1.48 bits per heavy atom. The fourth-order valence-electron chi connectivity index (χ4n) is 1.73. The molecule has 0 aliphatic rings. The predicted molar refractivity (Wildman–Crippen MR) is 83.9 cm³/mol. The Balaban J connectivity index is 2.37. The van der Waals surface area contributed by atoms with Crippen LogP contribution in [0, 0.1) is 4.77 Å². The monoisotopic (exact) mass is 326 g/mol. The first-order chi connectivity index (χ1) is 10.1. The van der Waals surface area contributed by atoms with Crippen LogP contribution in [-0.2, 0) is 11.5 Å². The van der Waals surface area contributed by atoms with E-state index < -0.39 is 0 Å². The van der Waals surface area contributed by atoms with Crippen molar-refractivity contribution in [2.24, 2.45) is 0 Å². The average molecular weight is 326 g/mol. The standard InChI is InChI=1S/C11H14N6O2S2/c1-2-12-10(20)13-8-3-7(6-19-18)4-9(5-8)17-11(21)14-15-16-17/h3-5,18H,2,6H2,1H3,(H2,12,13,20)(H,14,16,21). The van der Waals surface area contributed by atoms with Crippen molar-refractivity contribution >= 4 is 35.2 Å². The van der Waals surface area contributed by atoms with E-state index in [-0.39, 0.29) is 11.4 Å². The van der Waals surface area contributed by atoms with Crippen molar-refractivity contribution in [3.8, 4) is 5.69 Å². The molecule has 4 N–H and O–H groups in total. The molecule has 1 aromatic carbocycles. The molecule has 0 atom stereocenters. The number of rotatable bonds is 5. The predicted octanol–water partition coefficient (Wildman–Crippen LogP) is 1.62. The van der Waals surface area contributed by atoms with E-state index in [0.29, 0.717) is 17.3 Å². The van der Waals surface area contributed by atoms with Crippen molar-refractivity contribution in [1.82, 2.24) is 25.5 Å². The summed E-state index contributed by atoms with van der Waals surface area (Å²) >= 11 is 10.2. The molecule has 0 aliphatic heterocycles. The van der Waals surface area contributed by atoms with E-state index in [4.69, 9.17) is 29.7 Å². The van der Waals surface area contributed by atoms with E-state index in [2.05, 4.69) is 31.0 Å². The van der Waals surface area contributed by atoms with Crippen LogP contribution >= 0.6 is 24.4 Å². The fourth-order valence-corrected chi connectivity index (χ4v) is 2.18. The SMILES string of the molecule is CCNC(=S)Nc1cc(COO)cc(-n2[nH]nnc2=S)c1. The highest BCUT2D eigenvalue weighted by molar-refractivity contribution is 7.80. The average Bonchev–Trinajstić information content (AvgIpc) is 2.85. The quantitative estimate of drug-likeness (QED) is 0.374. The molecule has 0 saturated carbocycles. The van der Waals surface area contributed by atoms with E-state index >= 15 is 0 Å². The maximum Gasteiger partial charge on any atom is 0.242 e. The molecule has 1 heterocycles. The van der Waals surface area contributed by atoms with Gasteiger partial charge in [-0.3, -0.25) is 5.26 Å². The van der Waals surface area contributed by atoms with Gasteiger partial charge in [-0.1, -0.05) is 10.3 Å². The van der Waals surface area contributed by atoms with Gasteiger partial charge in [-0.05, 0) is 55.1 Å². The molecule has 2 aromatic rings. The molecule has 0 bridgehead atoms. The van der Waals surface area contributed by atoms with E-state index in [1.165, 1.54) is 4.68 Å². The Bertz CT molecular complexity index is 683. The number of thiocarbonyl (C=S) groups is 1. The third kappa shape index (κ3) is 4.04. The second-order valence-electron chi connectivity index (χ2n) is 4.06. The maximum absolute atomic E-state index is 8.63. The number of nitrogens with zero attached hydrogens (tertiary/aromatic N) is 3. The van der Waals surface area contributed by atoms with Crippen molar-refractivity contribution in [3.63, 3.8) is 0 Å². The topological polar surface area (TPSA) is 100 Å². The largest absolute Gasteiger partial charge is 0.363 e. The van der Waals surface area contributed by atoms with Gasteiger partial charge in [0.25, 0.3) is 0 Å². The van der Waals surface area contributed by atoms with Gasteiger partial charge in [-0.25, -0.2) is 9.57 Å². The van der Waals surface area contributed by atoms with Crippen LogP contribution in [0.15, 0.2) is 18.2 Å². The van der Waals surface area contributed by atoms with Gasteiger partial charge in [0.05, 0.1) is 5.69 Å². The van der Waals surface area contributed by atoms with Gasteiger partial charge in [0.2, 0.25) is 4.77 Å². The third-order valence-corrected chi connectivity index (χ3v) is 3.04. The van der Waals surface area contributed by atoms with Gasteiger partial charge in [-0.15, -0.1) is 0 Å². The highest BCUT2D eigenvalue weighted by Gasteiger charge is 2.07. The molecule has 0 spiro atoms. The Labute approximate surface area is 131 Å². The van der Waals surface area contributed by atoms with Crippen LogP contribution in [0.5, 0.6) is 0 Å². The molecule has 0 aliphatic carbocycles. The second-order valence-corrected chi connectivity index (χ2v) is 4.84. The number of aromatic nitrogens is 4. The molecule has 0 amide bonds. The second kappa shape index (κ2) is 7.22. The maximum atomic E-state index is 8.63. The van der Waals surface area contributed by atoms with Crippen molar-refractivity contribution < 1.29 is 10.1 Å². The smallest absolute Gasteiger partial charge is 0.242 e. The van der Waals surface area contributed by atoms with Crippen LogP contribution in [0.2, 0.25) is 0 Å². The van der Waals surface area contributed by atoms with Crippen LogP contribution in [0.25, 0.3) is 5.69 Å². The summed E-state index contributed by atoms with van der Waals surface area (Å²) in [6, 6.07) is 5.41. The lowest BCUT2D eigenvalue weighted by Crippen LogP contribution is -2.28. The molecular formula is C11H14N6O2S2. The summed E-state index contributed by atoms with van der Waals surface area (Å²) in [6.45, 7) is 2.70. The van der Waals surface area contributed by atoms with Crippen LogP contribution in [0.4, 0.5) is 5.69 Å². The zero-order valence-corrected chi connectivity index (χ0v) is 12.8. The van der Waals surface area contributed by atoms with Gasteiger partial charge in [0.15, 0.2) is 5.11 Å². The van der Waals surface area contributed by atoms with Crippen LogP contribution in [-0.4, -0.2) is 37.1 Å². The minimum Gasteiger partial charge on any atom is -0.363 e. The molecule has 2 rings (SSSR count). The summed E-state index contributed by atoms with van der Waals surface area (Å²) in [7, 11) is 0. The molecular weight excluding hydrogens is 312 g/mol. The minimum atomic E-state index is 0.0331. The zero-order valence-electron chi connectivity index (χ0n) is 11.2. The first-order valence-corrected chi connectivity index (χ1v) is 6.91. The van der Waals surface area contributed by atoms with Gasteiger partial charge in [-0.2, -0.15) is 5.21 Å². The number of benzene rings is 1. The zero-order chi connectivity index (χ0) is 15.2. The summed E-state index contributed by atoms with van der Waals surface area (Å²) in [5, 5.41) is 25.2. The van der Waals surface area contributed by atoms with Crippen LogP contribution < -0.4 is 10.6 Å². The number of aromatic amines is 1. The first-order valence-electron chi connectivity index (χ1n) is 6.09. The Hall–Kier alpha value is -1.88. The molecule has 112 valence electrons.